The molecule has 4 heteroatoms. The van der Waals surface area contributed by atoms with Crippen LogP contribution in [0.1, 0.15) is 61.0 Å². The zero-order chi connectivity index (χ0) is 17.1. The van der Waals surface area contributed by atoms with Gasteiger partial charge in [-0.3, -0.25) is 9.59 Å². The van der Waals surface area contributed by atoms with Crippen molar-refractivity contribution in [1.29, 1.82) is 0 Å². The number of fused-ring (bicyclic) bond motifs is 1. The Kier molecular flexibility index (Phi) is 5.22. The zero-order valence-corrected chi connectivity index (χ0v) is 14.8. The monoisotopic (exact) mass is 328 g/mol. The normalized spacial score (nSPS) is 17.9. The third kappa shape index (κ3) is 3.97. The first-order valence-electron chi connectivity index (χ1n) is 9.23. The molecule has 0 unspecified atom stereocenters. The quantitative estimate of drug-likeness (QED) is 0.924. The number of nitrogens with zero attached hydrogens (tertiary/aromatic N) is 1. The van der Waals surface area contributed by atoms with Crippen molar-refractivity contribution in [1.82, 2.24) is 10.2 Å². The van der Waals surface area contributed by atoms with E-state index in [4.69, 9.17) is 0 Å². The average molecular weight is 328 g/mol. The highest BCUT2D eigenvalue weighted by Gasteiger charge is 2.24. The zero-order valence-electron chi connectivity index (χ0n) is 14.8. The van der Waals surface area contributed by atoms with Gasteiger partial charge in [0.1, 0.15) is 0 Å². The summed E-state index contributed by atoms with van der Waals surface area (Å²) >= 11 is 0. The molecule has 1 fully saturated rings. The SMILES string of the molecule is CC(C)CC(=O)N1CCC(NC(=O)c2ccc3c(c2)CCC3)CC1. The molecule has 0 radical (unpaired) electrons. The Hall–Kier alpha value is -1.84. The van der Waals surface area contributed by atoms with Gasteiger partial charge in [0.2, 0.25) is 5.91 Å². The molecule has 0 atom stereocenters. The number of carbonyl (C=O) groups is 2. The Morgan fingerprint density at radius 2 is 1.88 bits per heavy atom. The van der Waals surface area contributed by atoms with Crippen molar-refractivity contribution in [3.05, 3.63) is 34.9 Å². The summed E-state index contributed by atoms with van der Waals surface area (Å²) in [5.74, 6) is 0.666. The lowest BCUT2D eigenvalue weighted by molar-refractivity contribution is -0.133. The molecule has 1 aliphatic carbocycles. The van der Waals surface area contributed by atoms with Crippen LogP contribution < -0.4 is 5.32 Å². The molecule has 1 N–H and O–H groups in total. The van der Waals surface area contributed by atoms with Crippen LogP contribution in [0.2, 0.25) is 0 Å². The molecule has 1 aliphatic heterocycles. The van der Waals surface area contributed by atoms with Gasteiger partial charge in [0, 0.05) is 31.1 Å². The Morgan fingerprint density at radius 3 is 2.58 bits per heavy atom. The summed E-state index contributed by atoms with van der Waals surface area (Å²) in [6, 6.07) is 6.28. The van der Waals surface area contributed by atoms with E-state index in [1.165, 1.54) is 17.5 Å². The van der Waals surface area contributed by atoms with Crippen molar-refractivity contribution in [3.63, 3.8) is 0 Å². The summed E-state index contributed by atoms with van der Waals surface area (Å²) in [5, 5.41) is 3.15. The molecule has 1 aromatic rings. The molecule has 2 amide bonds. The van der Waals surface area contributed by atoms with Gasteiger partial charge in [-0.05, 0) is 61.3 Å². The third-order valence-electron chi connectivity index (χ3n) is 5.13. The fraction of sp³-hybridized carbons (Fsp3) is 0.600. The topological polar surface area (TPSA) is 49.4 Å². The Bertz CT molecular complexity index is 616. The number of carbonyl (C=O) groups excluding carboxylic acids is 2. The second-order valence-electron chi connectivity index (χ2n) is 7.56. The van der Waals surface area contributed by atoms with Gasteiger partial charge in [-0.25, -0.2) is 0 Å². The first-order chi connectivity index (χ1) is 11.5. The minimum atomic E-state index is 0.0247. The molecule has 0 bridgehead atoms. The molecule has 1 saturated heterocycles. The molecule has 3 rings (SSSR count). The number of hydrogen-bond acceptors (Lipinski definition) is 2. The number of amides is 2. The summed E-state index contributed by atoms with van der Waals surface area (Å²) in [6.45, 7) is 5.64. The molecule has 0 spiro atoms. The van der Waals surface area contributed by atoms with Crippen molar-refractivity contribution in [2.24, 2.45) is 5.92 Å². The fourth-order valence-corrected chi connectivity index (χ4v) is 3.73. The predicted octanol–water partition coefficient (Wildman–Crippen LogP) is 2.94. The van der Waals surface area contributed by atoms with Crippen molar-refractivity contribution in [2.75, 3.05) is 13.1 Å². The van der Waals surface area contributed by atoms with Gasteiger partial charge in [-0.1, -0.05) is 19.9 Å². The molecular formula is C20H28N2O2. The van der Waals surface area contributed by atoms with Gasteiger partial charge in [0.15, 0.2) is 0 Å². The van der Waals surface area contributed by atoms with Crippen molar-refractivity contribution >= 4 is 11.8 Å². The highest BCUT2D eigenvalue weighted by molar-refractivity contribution is 5.94. The summed E-state index contributed by atoms with van der Waals surface area (Å²) in [4.78, 5) is 26.5. The number of rotatable bonds is 4. The van der Waals surface area contributed by atoms with Crippen molar-refractivity contribution < 1.29 is 9.59 Å². The standard InChI is InChI=1S/C20H28N2O2/c1-14(2)12-19(23)22-10-8-18(9-11-22)21-20(24)17-7-6-15-4-3-5-16(15)13-17/h6-7,13-14,18H,3-5,8-12H2,1-2H3,(H,21,24). The molecular weight excluding hydrogens is 300 g/mol. The summed E-state index contributed by atoms with van der Waals surface area (Å²) < 4.78 is 0. The predicted molar refractivity (Wildman–Crippen MR) is 95.0 cm³/mol. The maximum absolute atomic E-state index is 12.5. The van der Waals surface area contributed by atoms with Crippen molar-refractivity contribution in [2.45, 2.75) is 58.4 Å². The molecule has 24 heavy (non-hydrogen) atoms. The Labute approximate surface area is 144 Å². The van der Waals surface area contributed by atoms with Crippen LogP contribution in [0, 0.1) is 5.92 Å². The van der Waals surface area contributed by atoms with E-state index in [-0.39, 0.29) is 17.9 Å². The van der Waals surface area contributed by atoms with Gasteiger partial charge in [0.25, 0.3) is 5.91 Å². The van der Waals surface area contributed by atoms with Crippen LogP contribution in [-0.4, -0.2) is 35.8 Å². The van der Waals surface area contributed by atoms with Gasteiger partial charge < -0.3 is 10.2 Å². The number of aryl methyl sites for hydroxylation is 2. The van der Waals surface area contributed by atoms with E-state index in [2.05, 4.69) is 31.3 Å². The van der Waals surface area contributed by atoms with Crippen LogP contribution in [0.25, 0.3) is 0 Å². The summed E-state index contributed by atoms with van der Waals surface area (Å²) in [6.07, 6.45) is 5.74. The first kappa shape index (κ1) is 17.0. The van der Waals surface area contributed by atoms with Crippen LogP contribution in [0.3, 0.4) is 0 Å². The van der Waals surface area contributed by atoms with Gasteiger partial charge in [-0.15, -0.1) is 0 Å². The summed E-state index contributed by atoms with van der Waals surface area (Å²) in [5.41, 5.74) is 3.49. The maximum atomic E-state index is 12.5. The highest BCUT2D eigenvalue weighted by atomic mass is 16.2. The molecule has 1 heterocycles. The van der Waals surface area contributed by atoms with E-state index in [0.29, 0.717) is 12.3 Å². The van der Waals surface area contributed by atoms with Crippen LogP contribution in [0.15, 0.2) is 18.2 Å². The molecule has 0 aromatic heterocycles. The number of likely N-dealkylation sites (tertiary alicyclic amines) is 1. The lowest BCUT2D eigenvalue weighted by Crippen LogP contribution is -2.46. The minimum Gasteiger partial charge on any atom is -0.349 e. The fourth-order valence-electron chi connectivity index (χ4n) is 3.73. The number of benzene rings is 1. The van der Waals surface area contributed by atoms with E-state index in [1.807, 2.05) is 11.0 Å². The number of piperidine rings is 1. The lowest BCUT2D eigenvalue weighted by Gasteiger charge is -2.33. The Balaban J connectivity index is 1.51. The second kappa shape index (κ2) is 7.37. The molecule has 130 valence electrons. The van der Waals surface area contributed by atoms with Crippen LogP contribution in [0.5, 0.6) is 0 Å². The average Bonchev–Trinajstić information content (AvgIpc) is 3.02. The minimum absolute atomic E-state index is 0.0247. The number of hydrogen-bond donors (Lipinski definition) is 1. The molecule has 1 aromatic carbocycles. The highest BCUT2D eigenvalue weighted by Crippen LogP contribution is 2.23. The van der Waals surface area contributed by atoms with Crippen molar-refractivity contribution in [3.8, 4) is 0 Å². The number of nitrogens with one attached hydrogen (secondary N) is 1. The smallest absolute Gasteiger partial charge is 0.251 e. The third-order valence-corrected chi connectivity index (χ3v) is 5.13. The van der Waals surface area contributed by atoms with E-state index >= 15 is 0 Å². The van der Waals surface area contributed by atoms with Gasteiger partial charge in [-0.2, -0.15) is 0 Å². The molecule has 2 aliphatic rings. The molecule has 4 nitrogen and oxygen atoms in total. The van der Waals surface area contributed by atoms with E-state index in [1.54, 1.807) is 0 Å². The van der Waals surface area contributed by atoms with Crippen LogP contribution in [-0.2, 0) is 17.6 Å². The van der Waals surface area contributed by atoms with Crippen LogP contribution >= 0.6 is 0 Å². The van der Waals surface area contributed by atoms with E-state index in [9.17, 15) is 9.59 Å². The van der Waals surface area contributed by atoms with E-state index < -0.39 is 0 Å². The van der Waals surface area contributed by atoms with E-state index in [0.717, 1.165) is 44.3 Å². The summed E-state index contributed by atoms with van der Waals surface area (Å²) in [7, 11) is 0. The maximum Gasteiger partial charge on any atom is 0.251 e. The second-order valence-corrected chi connectivity index (χ2v) is 7.56. The largest absolute Gasteiger partial charge is 0.349 e. The first-order valence-corrected chi connectivity index (χ1v) is 9.23. The Morgan fingerprint density at radius 1 is 1.17 bits per heavy atom. The lowest BCUT2D eigenvalue weighted by atomic mass is 10.0. The molecule has 0 saturated carbocycles. The van der Waals surface area contributed by atoms with Gasteiger partial charge >= 0.3 is 0 Å². The van der Waals surface area contributed by atoms with Gasteiger partial charge in [0.05, 0.1) is 0 Å². The van der Waals surface area contributed by atoms with Crippen LogP contribution in [0.4, 0.5) is 0 Å².